The van der Waals surface area contributed by atoms with Gasteiger partial charge < -0.3 is 14.7 Å². The molecule has 0 bridgehead atoms. The van der Waals surface area contributed by atoms with Gasteiger partial charge >= 0.3 is 6.03 Å². The largest absolute Gasteiger partial charge is 0.338 e. The van der Waals surface area contributed by atoms with Crippen LogP contribution >= 0.6 is 0 Å². The third kappa shape index (κ3) is 3.86. The van der Waals surface area contributed by atoms with Crippen molar-refractivity contribution in [3.05, 3.63) is 71.5 Å². The molecule has 146 valence electrons. The fourth-order valence-corrected chi connectivity index (χ4v) is 4.05. The van der Waals surface area contributed by atoms with Gasteiger partial charge in [0.25, 0.3) is 5.91 Å². The molecule has 2 aliphatic rings. The molecule has 0 spiro atoms. The molecule has 0 unspecified atom stereocenters. The minimum absolute atomic E-state index is 0.0723. The van der Waals surface area contributed by atoms with Crippen molar-refractivity contribution in [3.63, 3.8) is 0 Å². The summed E-state index contributed by atoms with van der Waals surface area (Å²) in [5.41, 5.74) is 1.64. The molecule has 2 saturated heterocycles. The first-order valence-corrected chi connectivity index (χ1v) is 9.76. The summed E-state index contributed by atoms with van der Waals surface area (Å²) in [6.45, 7) is 3.34. The molecule has 5 nitrogen and oxygen atoms in total. The van der Waals surface area contributed by atoms with Crippen molar-refractivity contribution in [3.8, 4) is 0 Å². The van der Waals surface area contributed by atoms with Crippen molar-refractivity contribution in [1.29, 1.82) is 0 Å². The maximum Gasteiger partial charge on any atom is 0.320 e. The zero-order valence-corrected chi connectivity index (χ0v) is 15.8. The highest BCUT2D eigenvalue weighted by Crippen LogP contribution is 2.23. The molecule has 2 aromatic rings. The number of carbonyl (C=O) groups excluding carboxylic acids is 2. The number of rotatable bonds is 4. The first kappa shape index (κ1) is 18.5. The van der Waals surface area contributed by atoms with Gasteiger partial charge in [0.2, 0.25) is 0 Å². The summed E-state index contributed by atoms with van der Waals surface area (Å²) >= 11 is 0. The molecule has 2 fully saturated rings. The molecule has 2 heterocycles. The number of benzene rings is 2. The first-order chi connectivity index (χ1) is 13.6. The number of nitrogens with zero attached hydrogens (tertiary/aromatic N) is 3. The Kier molecular flexibility index (Phi) is 5.28. The lowest BCUT2D eigenvalue weighted by Crippen LogP contribution is -2.48. The topological polar surface area (TPSA) is 43.9 Å². The van der Waals surface area contributed by atoms with E-state index in [1.165, 1.54) is 24.3 Å². The highest BCUT2D eigenvalue weighted by atomic mass is 19.1. The average Bonchev–Trinajstić information content (AvgIpc) is 3.09. The minimum atomic E-state index is -0.345. The summed E-state index contributed by atoms with van der Waals surface area (Å²) in [5, 5.41) is 0. The van der Waals surface area contributed by atoms with Gasteiger partial charge in [0.1, 0.15) is 5.82 Å². The lowest BCUT2D eigenvalue weighted by molar-refractivity contribution is 0.0663. The second kappa shape index (κ2) is 8.00. The number of halogens is 1. The zero-order chi connectivity index (χ0) is 19.5. The van der Waals surface area contributed by atoms with E-state index in [0.29, 0.717) is 25.2 Å². The summed E-state index contributed by atoms with van der Waals surface area (Å²) in [6.07, 6.45) is 1.55. The molecular weight excluding hydrogens is 357 g/mol. The molecular formula is C22H24FN3O2. The number of hydrogen-bond acceptors (Lipinski definition) is 2. The first-order valence-electron chi connectivity index (χ1n) is 9.76. The second-order valence-electron chi connectivity index (χ2n) is 7.41. The predicted molar refractivity (Wildman–Crippen MR) is 104 cm³/mol. The van der Waals surface area contributed by atoms with Gasteiger partial charge in [0, 0.05) is 44.3 Å². The molecule has 3 amide bonds. The van der Waals surface area contributed by atoms with Crippen molar-refractivity contribution in [2.24, 2.45) is 0 Å². The summed E-state index contributed by atoms with van der Waals surface area (Å²) in [6, 6.07) is 16.0. The fourth-order valence-electron chi connectivity index (χ4n) is 4.05. The molecule has 0 N–H and O–H groups in total. The van der Waals surface area contributed by atoms with E-state index in [1.54, 1.807) is 4.90 Å². The molecule has 6 heteroatoms. The smallest absolute Gasteiger partial charge is 0.320 e. The lowest BCUT2D eigenvalue weighted by Gasteiger charge is -2.36. The van der Waals surface area contributed by atoms with Crippen LogP contribution in [0.2, 0.25) is 0 Å². The van der Waals surface area contributed by atoms with E-state index in [1.807, 2.05) is 40.1 Å². The highest BCUT2D eigenvalue weighted by Gasteiger charge is 2.36. The number of likely N-dealkylation sites (tertiary alicyclic amines) is 1. The number of amides is 3. The molecule has 28 heavy (non-hydrogen) atoms. The van der Waals surface area contributed by atoms with Crippen molar-refractivity contribution in [1.82, 2.24) is 14.7 Å². The Bertz CT molecular complexity index is 833. The van der Waals surface area contributed by atoms with Crippen LogP contribution in [-0.4, -0.2) is 58.9 Å². The van der Waals surface area contributed by atoms with Crippen molar-refractivity contribution >= 4 is 11.9 Å². The van der Waals surface area contributed by atoms with Gasteiger partial charge in [0.05, 0.1) is 0 Å². The standard InChI is InChI=1S/C22H24FN3O2/c23-19-8-6-18(7-9-19)21(27)24-12-10-20(11-13-24)26-15-14-25(22(26)28)16-17-4-2-1-3-5-17/h1-9,20H,10-16H2. The van der Waals surface area contributed by atoms with E-state index in [4.69, 9.17) is 0 Å². The number of piperidine rings is 1. The molecule has 0 aliphatic carbocycles. The molecule has 2 aliphatic heterocycles. The van der Waals surface area contributed by atoms with Crippen LogP contribution in [0.5, 0.6) is 0 Å². The van der Waals surface area contributed by atoms with E-state index < -0.39 is 0 Å². The lowest BCUT2D eigenvalue weighted by atomic mass is 10.0. The molecule has 0 radical (unpaired) electrons. The predicted octanol–water partition coefficient (Wildman–Crippen LogP) is 3.37. The third-order valence-corrected chi connectivity index (χ3v) is 5.63. The number of hydrogen-bond donors (Lipinski definition) is 0. The van der Waals surface area contributed by atoms with Crippen LogP contribution in [0.1, 0.15) is 28.8 Å². The Morgan fingerprint density at radius 3 is 2.29 bits per heavy atom. The Labute approximate surface area is 164 Å². The van der Waals surface area contributed by atoms with Gasteiger partial charge in [-0.3, -0.25) is 4.79 Å². The van der Waals surface area contributed by atoms with Crippen LogP contribution in [0.3, 0.4) is 0 Å². The van der Waals surface area contributed by atoms with Gasteiger partial charge in [-0.2, -0.15) is 0 Å². The van der Waals surface area contributed by atoms with Crippen molar-refractivity contribution in [2.45, 2.75) is 25.4 Å². The molecule has 0 atom stereocenters. The average molecular weight is 381 g/mol. The Morgan fingerprint density at radius 2 is 1.61 bits per heavy atom. The van der Waals surface area contributed by atoms with E-state index in [2.05, 4.69) is 0 Å². The van der Waals surface area contributed by atoms with E-state index in [-0.39, 0.29) is 23.8 Å². The number of urea groups is 1. The van der Waals surface area contributed by atoms with Crippen molar-refractivity contribution in [2.75, 3.05) is 26.2 Å². The maximum atomic E-state index is 13.1. The maximum absolute atomic E-state index is 13.1. The van der Waals surface area contributed by atoms with Crippen LogP contribution in [0.15, 0.2) is 54.6 Å². The van der Waals surface area contributed by atoms with Crippen LogP contribution in [0, 0.1) is 5.82 Å². The summed E-state index contributed by atoms with van der Waals surface area (Å²) in [7, 11) is 0. The number of carbonyl (C=O) groups is 2. The highest BCUT2D eigenvalue weighted by molar-refractivity contribution is 5.94. The second-order valence-corrected chi connectivity index (χ2v) is 7.41. The van der Waals surface area contributed by atoms with Gasteiger partial charge in [-0.05, 0) is 42.7 Å². The molecule has 0 saturated carbocycles. The van der Waals surface area contributed by atoms with Crippen LogP contribution < -0.4 is 0 Å². The van der Waals surface area contributed by atoms with Gasteiger partial charge in [-0.1, -0.05) is 30.3 Å². The summed E-state index contributed by atoms with van der Waals surface area (Å²) in [4.78, 5) is 31.0. The molecule has 0 aromatic heterocycles. The normalized spacial score (nSPS) is 18.0. The summed E-state index contributed by atoms with van der Waals surface area (Å²) in [5.74, 6) is -0.417. The van der Waals surface area contributed by atoms with Gasteiger partial charge in [-0.15, -0.1) is 0 Å². The Morgan fingerprint density at radius 1 is 0.929 bits per heavy atom. The molecule has 4 rings (SSSR count). The zero-order valence-electron chi connectivity index (χ0n) is 15.8. The van der Waals surface area contributed by atoms with Crippen LogP contribution in [-0.2, 0) is 6.54 Å². The Hall–Kier alpha value is -2.89. The SMILES string of the molecule is O=C(c1ccc(F)cc1)N1CCC(N2CCN(Cc3ccccc3)C2=O)CC1. The van der Waals surface area contributed by atoms with Gasteiger partial charge in [0.15, 0.2) is 0 Å². The minimum Gasteiger partial charge on any atom is -0.338 e. The van der Waals surface area contributed by atoms with E-state index in [0.717, 1.165) is 31.5 Å². The van der Waals surface area contributed by atoms with Crippen LogP contribution in [0.4, 0.5) is 9.18 Å². The third-order valence-electron chi connectivity index (χ3n) is 5.63. The van der Waals surface area contributed by atoms with Crippen molar-refractivity contribution < 1.29 is 14.0 Å². The summed E-state index contributed by atoms with van der Waals surface area (Å²) < 4.78 is 13.1. The molecule has 2 aromatic carbocycles. The van der Waals surface area contributed by atoms with Gasteiger partial charge in [-0.25, -0.2) is 9.18 Å². The van der Waals surface area contributed by atoms with E-state index >= 15 is 0 Å². The monoisotopic (exact) mass is 381 g/mol. The quantitative estimate of drug-likeness (QED) is 0.815. The Balaban J connectivity index is 1.32. The van der Waals surface area contributed by atoms with Crippen LogP contribution in [0.25, 0.3) is 0 Å². The van der Waals surface area contributed by atoms with E-state index in [9.17, 15) is 14.0 Å². The fraction of sp³-hybridized carbons (Fsp3) is 0.364.